The van der Waals surface area contributed by atoms with Crippen LogP contribution in [0.15, 0.2) is 42.5 Å². The molecule has 0 bridgehead atoms. The van der Waals surface area contributed by atoms with Crippen molar-refractivity contribution in [2.75, 3.05) is 11.9 Å². The molecule has 1 unspecified atom stereocenters. The summed E-state index contributed by atoms with van der Waals surface area (Å²) in [4.78, 5) is 90.6. The van der Waals surface area contributed by atoms with Crippen molar-refractivity contribution in [1.82, 2.24) is 4.90 Å². The van der Waals surface area contributed by atoms with Crippen LogP contribution in [-0.4, -0.2) is 66.8 Å². The van der Waals surface area contributed by atoms with Crippen molar-refractivity contribution in [2.24, 2.45) is 29.0 Å². The summed E-state index contributed by atoms with van der Waals surface area (Å²) in [5.41, 5.74) is 10.7. The lowest BCUT2D eigenvalue weighted by molar-refractivity contribution is -0.394. The molecule has 3 amide bonds. The van der Waals surface area contributed by atoms with Gasteiger partial charge in [-0.05, 0) is 43.9 Å². The van der Waals surface area contributed by atoms with Crippen LogP contribution in [0.1, 0.15) is 53.0 Å². The molecule has 18 heteroatoms. The van der Waals surface area contributed by atoms with Crippen molar-refractivity contribution in [3.8, 4) is 0 Å². The minimum Gasteiger partial charge on any atom is -0.324 e. The van der Waals surface area contributed by atoms with E-state index in [2.05, 4.69) is 5.32 Å². The highest BCUT2D eigenvalue weighted by Gasteiger charge is 2.64. The van der Waals surface area contributed by atoms with E-state index in [1.165, 1.54) is 41.5 Å². The number of anilines is 1. The first-order chi connectivity index (χ1) is 21.6. The van der Waals surface area contributed by atoms with Crippen molar-refractivity contribution in [2.45, 2.75) is 64.6 Å². The van der Waals surface area contributed by atoms with Gasteiger partial charge in [-0.15, -0.1) is 0 Å². The van der Waals surface area contributed by atoms with E-state index in [1.807, 2.05) is 0 Å². The fraction of sp³-hybridized carbons (Fsp3) is 0.448. The van der Waals surface area contributed by atoms with E-state index in [0.717, 1.165) is 36.4 Å². The van der Waals surface area contributed by atoms with E-state index in [1.54, 1.807) is 0 Å². The van der Waals surface area contributed by atoms with E-state index in [9.17, 15) is 49.5 Å². The third-order valence-corrected chi connectivity index (χ3v) is 7.48. The van der Waals surface area contributed by atoms with Crippen LogP contribution in [0, 0.1) is 42.2 Å². The van der Waals surface area contributed by atoms with Crippen LogP contribution in [0.25, 0.3) is 0 Å². The van der Waals surface area contributed by atoms with Crippen molar-refractivity contribution in [3.05, 3.63) is 78.4 Å². The first-order valence-corrected chi connectivity index (χ1v) is 14.3. The predicted octanol–water partition coefficient (Wildman–Crippen LogP) is 2.13. The molecule has 254 valence electrons. The fourth-order valence-electron chi connectivity index (χ4n) is 5.19. The molecule has 0 aliphatic rings. The number of ketones is 1. The lowest BCUT2D eigenvalue weighted by Crippen LogP contribution is -2.75. The van der Waals surface area contributed by atoms with Crippen molar-refractivity contribution >= 4 is 46.3 Å². The Kier molecular flexibility index (Phi) is 11.7. The normalized spacial score (nSPS) is 14.1. The van der Waals surface area contributed by atoms with E-state index in [-0.39, 0.29) is 16.3 Å². The van der Waals surface area contributed by atoms with Crippen molar-refractivity contribution in [1.29, 1.82) is 0 Å². The summed E-state index contributed by atoms with van der Waals surface area (Å²) in [7, 11) is 0. The zero-order valence-corrected chi connectivity index (χ0v) is 26.7. The summed E-state index contributed by atoms with van der Waals surface area (Å²) in [6, 6.07) is 5.23. The molecule has 2 aromatic carbocycles. The smallest absolute Gasteiger partial charge is 0.279 e. The van der Waals surface area contributed by atoms with Gasteiger partial charge in [0.15, 0.2) is 11.3 Å². The molecule has 0 aliphatic carbocycles. The van der Waals surface area contributed by atoms with Gasteiger partial charge < -0.3 is 22.5 Å². The molecule has 0 heterocycles. The molecule has 0 saturated carbocycles. The maximum absolute atomic E-state index is 14.9. The standard InChI is InChI=1S/C29H38N8O10/c1-15(2)23(20-12-11-19(36(44)45)13-21(20)37(46)47)29(25(39)24(31)16(3)4,34(22(38)14-30)27(41)28(5,6)32)26(40)33-17-7-9-18(10-8-17)35(42)43/h7-13,15-16,23-24H,14,30-32H2,1-6H3,(H,33,40)/t23?,24-,29+/m0/s1. The summed E-state index contributed by atoms with van der Waals surface area (Å²) >= 11 is 0. The van der Waals surface area contributed by atoms with E-state index < -0.39 is 96.6 Å². The number of benzene rings is 2. The summed E-state index contributed by atoms with van der Waals surface area (Å²) in [5.74, 6) is -8.68. The number of nitrogens with zero attached hydrogens (tertiary/aromatic N) is 4. The highest BCUT2D eigenvalue weighted by atomic mass is 16.6. The van der Waals surface area contributed by atoms with E-state index in [0.29, 0.717) is 6.07 Å². The van der Waals surface area contributed by atoms with E-state index in [4.69, 9.17) is 17.2 Å². The van der Waals surface area contributed by atoms with Crippen LogP contribution < -0.4 is 22.5 Å². The number of carbonyl (C=O) groups excluding carboxylic acids is 4. The average molecular weight is 659 g/mol. The molecule has 3 atom stereocenters. The lowest BCUT2D eigenvalue weighted by Gasteiger charge is -2.48. The van der Waals surface area contributed by atoms with Crippen LogP contribution in [0.4, 0.5) is 22.7 Å². The molecule has 0 aliphatic heterocycles. The largest absolute Gasteiger partial charge is 0.324 e. The van der Waals surface area contributed by atoms with Crippen molar-refractivity contribution in [3.63, 3.8) is 0 Å². The van der Waals surface area contributed by atoms with Gasteiger partial charge >= 0.3 is 0 Å². The summed E-state index contributed by atoms with van der Waals surface area (Å²) in [5, 5.41) is 37.6. The minimum atomic E-state index is -3.06. The number of nitrogens with one attached hydrogen (secondary N) is 1. The van der Waals surface area contributed by atoms with Gasteiger partial charge in [0.25, 0.3) is 23.0 Å². The van der Waals surface area contributed by atoms with Crippen molar-refractivity contribution < 1.29 is 33.9 Å². The molecular weight excluding hydrogens is 620 g/mol. The molecule has 0 fully saturated rings. The number of carbonyl (C=O) groups is 4. The van der Waals surface area contributed by atoms with E-state index >= 15 is 0 Å². The van der Waals surface area contributed by atoms with Crippen LogP contribution in [-0.2, 0) is 19.2 Å². The monoisotopic (exact) mass is 658 g/mol. The van der Waals surface area contributed by atoms with Gasteiger partial charge in [-0.1, -0.05) is 27.7 Å². The molecule has 0 radical (unpaired) electrons. The van der Waals surface area contributed by atoms with Gasteiger partial charge in [0.1, 0.15) is 0 Å². The molecular formula is C29H38N8O10. The Morgan fingerprint density at radius 1 is 0.851 bits per heavy atom. The van der Waals surface area contributed by atoms with Gasteiger partial charge in [0, 0.05) is 35.4 Å². The second-order valence-electron chi connectivity index (χ2n) is 12.1. The van der Waals surface area contributed by atoms with Gasteiger partial charge in [0.2, 0.25) is 11.8 Å². The minimum absolute atomic E-state index is 0.129. The Hall–Kier alpha value is -5.20. The molecule has 0 saturated heterocycles. The number of imide groups is 1. The number of nitro groups is 3. The molecule has 18 nitrogen and oxygen atoms in total. The number of rotatable bonds is 14. The zero-order valence-electron chi connectivity index (χ0n) is 26.7. The summed E-state index contributed by atoms with van der Waals surface area (Å²) in [6.45, 7) is 7.37. The van der Waals surface area contributed by atoms with Crippen LogP contribution in [0.5, 0.6) is 0 Å². The third-order valence-electron chi connectivity index (χ3n) is 7.48. The molecule has 0 aromatic heterocycles. The Balaban J connectivity index is 3.28. The highest BCUT2D eigenvalue weighted by molar-refractivity contribution is 6.23. The van der Waals surface area contributed by atoms with Crippen LogP contribution in [0.2, 0.25) is 0 Å². The van der Waals surface area contributed by atoms with Crippen LogP contribution >= 0.6 is 0 Å². The number of hydrogen-bond acceptors (Lipinski definition) is 13. The number of nitrogens with two attached hydrogens (primary N) is 3. The fourth-order valence-corrected chi connectivity index (χ4v) is 5.19. The first-order valence-electron chi connectivity index (χ1n) is 14.3. The van der Waals surface area contributed by atoms with Gasteiger partial charge in [-0.3, -0.25) is 54.4 Å². The molecule has 0 spiro atoms. The maximum atomic E-state index is 14.9. The topological polar surface area (TPSA) is 291 Å². The Morgan fingerprint density at radius 3 is 1.77 bits per heavy atom. The van der Waals surface area contributed by atoms with Crippen LogP contribution in [0.3, 0.4) is 0 Å². The molecule has 2 aromatic rings. The van der Waals surface area contributed by atoms with Gasteiger partial charge in [-0.2, -0.15) is 0 Å². The number of hydrogen-bond donors (Lipinski definition) is 4. The average Bonchev–Trinajstić information content (AvgIpc) is 2.98. The lowest BCUT2D eigenvalue weighted by atomic mass is 9.65. The first kappa shape index (κ1) is 38.0. The molecule has 2 rings (SSSR count). The number of amides is 3. The highest BCUT2D eigenvalue weighted by Crippen LogP contribution is 2.46. The third kappa shape index (κ3) is 7.62. The summed E-state index contributed by atoms with van der Waals surface area (Å²) < 4.78 is 0. The Bertz CT molecular complexity index is 1590. The molecule has 7 N–H and O–H groups in total. The SMILES string of the molecule is CC(C)C(c1ccc([N+](=O)[O-])cc1[N+](=O)[O-])[C@](C(=O)Nc1ccc([N+](=O)[O-])cc1)(C(=O)[C@@H](N)C(C)C)N(C(=O)CN)C(=O)C(C)(C)N. The number of Topliss-reactive ketones (excluding diaryl/α,β-unsaturated/α-hetero) is 1. The zero-order chi connectivity index (χ0) is 36.2. The predicted molar refractivity (Wildman–Crippen MR) is 169 cm³/mol. The Labute approximate surface area is 269 Å². The second kappa shape index (κ2) is 14.5. The Morgan fingerprint density at radius 2 is 1.36 bits per heavy atom. The second-order valence-corrected chi connectivity index (χ2v) is 12.1. The van der Waals surface area contributed by atoms with Gasteiger partial charge in [-0.25, -0.2) is 0 Å². The molecule has 47 heavy (non-hydrogen) atoms. The quantitative estimate of drug-likeness (QED) is 0.129. The number of nitro benzene ring substituents is 3. The summed E-state index contributed by atoms with van der Waals surface area (Å²) in [6.07, 6.45) is 0. The number of non-ortho nitro benzene ring substituents is 2. The maximum Gasteiger partial charge on any atom is 0.279 e. The van der Waals surface area contributed by atoms with Gasteiger partial charge in [0.05, 0.1) is 39.0 Å².